The molecule has 0 saturated carbocycles. The maximum atomic E-state index is 13.2. The Morgan fingerprint density at radius 1 is 0.857 bits per heavy atom. The summed E-state index contributed by atoms with van der Waals surface area (Å²) in [6.07, 6.45) is 0.699. The summed E-state index contributed by atoms with van der Waals surface area (Å²) < 4.78 is 26.7. The van der Waals surface area contributed by atoms with Gasteiger partial charge in [0.05, 0.1) is 5.41 Å². The van der Waals surface area contributed by atoms with Crippen molar-refractivity contribution >= 4 is 5.97 Å². The lowest BCUT2D eigenvalue weighted by Gasteiger charge is -2.43. The van der Waals surface area contributed by atoms with Gasteiger partial charge in [0.25, 0.3) is 0 Å². The van der Waals surface area contributed by atoms with E-state index in [1.807, 2.05) is 6.92 Å². The Hall–Kier alpha value is -1.79. The Labute approximate surface area is 169 Å². The normalized spacial score (nSPS) is 14.3. The minimum Gasteiger partial charge on any atom is -0.464 e. The quantitative estimate of drug-likeness (QED) is 0.331. The first kappa shape index (κ1) is 24.2. The number of carbonyl (C=O) groups is 1. The molecule has 160 valence electrons. The highest BCUT2D eigenvalue weighted by Crippen LogP contribution is 2.47. The van der Waals surface area contributed by atoms with E-state index >= 15 is 0 Å². The summed E-state index contributed by atoms with van der Waals surface area (Å²) in [5, 5.41) is 0. The molecular weight excluding hydrogens is 360 g/mol. The molecule has 0 aliphatic carbocycles. The van der Waals surface area contributed by atoms with Gasteiger partial charge in [0, 0.05) is 20.3 Å². The van der Waals surface area contributed by atoms with Gasteiger partial charge in [-0.3, -0.25) is 4.79 Å². The topological polar surface area (TPSA) is 63.2 Å². The Bertz CT molecular complexity index is 641. The molecule has 0 fully saturated rings. The van der Waals surface area contributed by atoms with Crippen LogP contribution >= 0.6 is 0 Å². The van der Waals surface area contributed by atoms with Gasteiger partial charge in [0.1, 0.15) is 5.75 Å². The SMILES string of the molecule is COCOc1ccc(OC(=O)C(C)(CC(C)(C)C)C(C)(C)C)cc1OCOC. The summed E-state index contributed by atoms with van der Waals surface area (Å²) in [6.45, 7) is 14.7. The number of hydrogen-bond donors (Lipinski definition) is 0. The first-order valence-electron chi connectivity index (χ1n) is 9.44. The van der Waals surface area contributed by atoms with E-state index < -0.39 is 5.41 Å². The fourth-order valence-corrected chi connectivity index (χ4v) is 2.95. The zero-order valence-corrected chi connectivity index (χ0v) is 18.8. The van der Waals surface area contributed by atoms with Crippen molar-refractivity contribution < 1.29 is 28.5 Å². The highest BCUT2D eigenvalue weighted by atomic mass is 16.7. The molecule has 0 saturated heterocycles. The number of esters is 1. The van der Waals surface area contributed by atoms with E-state index in [1.165, 1.54) is 14.2 Å². The molecule has 0 amide bonds. The molecular formula is C22H36O6. The standard InChI is InChI=1S/C22H36O6/c1-20(2,3)13-22(7,21(4,5)6)19(23)28-16-10-11-17(26-14-24-8)18(12-16)27-15-25-9/h10-12H,13-15H2,1-9H3. The van der Waals surface area contributed by atoms with Crippen molar-refractivity contribution in [3.8, 4) is 17.2 Å². The fourth-order valence-electron chi connectivity index (χ4n) is 2.95. The number of hydrogen-bond acceptors (Lipinski definition) is 6. The molecule has 0 spiro atoms. The molecule has 6 heteroatoms. The van der Waals surface area contributed by atoms with Gasteiger partial charge in [-0.05, 0) is 36.3 Å². The molecule has 1 rings (SSSR count). The average molecular weight is 397 g/mol. The largest absolute Gasteiger partial charge is 0.464 e. The second kappa shape index (κ2) is 9.61. The van der Waals surface area contributed by atoms with Crippen LogP contribution in [0, 0.1) is 16.2 Å². The van der Waals surface area contributed by atoms with Gasteiger partial charge in [-0.15, -0.1) is 0 Å². The third kappa shape index (κ3) is 6.67. The lowest BCUT2D eigenvalue weighted by Crippen LogP contribution is -2.45. The lowest BCUT2D eigenvalue weighted by molar-refractivity contribution is -0.154. The first-order chi connectivity index (χ1) is 12.8. The van der Waals surface area contributed by atoms with Crippen LogP contribution in [0.25, 0.3) is 0 Å². The van der Waals surface area contributed by atoms with Crippen molar-refractivity contribution in [2.24, 2.45) is 16.2 Å². The number of carbonyl (C=O) groups excluding carboxylic acids is 1. The zero-order chi connectivity index (χ0) is 21.6. The smallest absolute Gasteiger partial charge is 0.317 e. The maximum Gasteiger partial charge on any atom is 0.317 e. The molecule has 0 aliphatic rings. The van der Waals surface area contributed by atoms with E-state index in [2.05, 4.69) is 41.5 Å². The lowest BCUT2D eigenvalue weighted by atomic mass is 9.61. The van der Waals surface area contributed by atoms with Crippen LogP contribution in [0.5, 0.6) is 17.2 Å². The van der Waals surface area contributed by atoms with Crippen molar-refractivity contribution in [1.29, 1.82) is 0 Å². The van der Waals surface area contributed by atoms with Gasteiger partial charge in [-0.2, -0.15) is 0 Å². The number of benzene rings is 1. The van der Waals surface area contributed by atoms with Gasteiger partial charge >= 0.3 is 5.97 Å². The summed E-state index contributed by atoms with van der Waals surface area (Å²) in [7, 11) is 3.06. The van der Waals surface area contributed by atoms with Crippen LogP contribution in [0.2, 0.25) is 0 Å². The van der Waals surface area contributed by atoms with E-state index in [9.17, 15) is 4.79 Å². The second-order valence-corrected chi connectivity index (χ2v) is 9.42. The third-order valence-corrected chi connectivity index (χ3v) is 4.78. The molecule has 1 aromatic rings. The summed E-state index contributed by atoms with van der Waals surface area (Å²) in [5.41, 5.74) is -0.954. The monoisotopic (exact) mass is 396 g/mol. The van der Waals surface area contributed by atoms with E-state index in [0.29, 0.717) is 23.7 Å². The molecule has 6 nitrogen and oxygen atoms in total. The average Bonchev–Trinajstić information content (AvgIpc) is 2.56. The molecule has 0 aliphatic heterocycles. The summed E-state index contributed by atoms with van der Waals surface area (Å²) in [5.74, 6) is 1.02. The van der Waals surface area contributed by atoms with Crippen molar-refractivity contribution in [1.82, 2.24) is 0 Å². The van der Waals surface area contributed by atoms with Crippen molar-refractivity contribution in [3.63, 3.8) is 0 Å². The van der Waals surface area contributed by atoms with Gasteiger partial charge in [-0.1, -0.05) is 41.5 Å². The molecule has 1 aromatic carbocycles. The van der Waals surface area contributed by atoms with E-state index in [4.69, 9.17) is 23.7 Å². The maximum absolute atomic E-state index is 13.2. The summed E-state index contributed by atoms with van der Waals surface area (Å²) in [4.78, 5) is 13.2. The van der Waals surface area contributed by atoms with E-state index in [-0.39, 0.29) is 30.4 Å². The van der Waals surface area contributed by atoms with Gasteiger partial charge in [-0.25, -0.2) is 0 Å². The molecule has 0 heterocycles. The van der Waals surface area contributed by atoms with Crippen molar-refractivity contribution in [2.75, 3.05) is 27.8 Å². The van der Waals surface area contributed by atoms with E-state index in [0.717, 1.165) is 0 Å². The van der Waals surface area contributed by atoms with Crippen LogP contribution in [0.15, 0.2) is 18.2 Å². The van der Waals surface area contributed by atoms with Crippen molar-refractivity contribution in [2.45, 2.75) is 54.9 Å². The van der Waals surface area contributed by atoms with Crippen LogP contribution in [-0.4, -0.2) is 33.8 Å². The number of ether oxygens (including phenoxy) is 5. The number of rotatable bonds is 9. The predicted octanol–water partition coefficient (Wildman–Crippen LogP) is 5.05. The molecule has 1 unspecified atom stereocenters. The Kier molecular flexibility index (Phi) is 8.32. The van der Waals surface area contributed by atoms with Gasteiger partial charge < -0.3 is 23.7 Å². The van der Waals surface area contributed by atoms with Crippen molar-refractivity contribution in [3.05, 3.63) is 18.2 Å². The predicted molar refractivity (Wildman–Crippen MR) is 109 cm³/mol. The van der Waals surface area contributed by atoms with Gasteiger partial charge in [0.2, 0.25) is 0 Å². The molecule has 28 heavy (non-hydrogen) atoms. The Morgan fingerprint density at radius 3 is 1.86 bits per heavy atom. The number of methoxy groups -OCH3 is 2. The molecule has 0 aromatic heterocycles. The minimum absolute atomic E-state index is 0.0222. The molecule has 0 radical (unpaired) electrons. The first-order valence-corrected chi connectivity index (χ1v) is 9.44. The molecule has 0 bridgehead atoms. The summed E-state index contributed by atoms with van der Waals surface area (Å²) in [6, 6.07) is 5.00. The van der Waals surface area contributed by atoms with Crippen LogP contribution in [0.3, 0.4) is 0 Å². The minimum atomic E-state index is -0.663. The molecule has 1 atom stereocenters. The van der Waals surface area contributed by atoms with Crippen LogP contribution < -0.4 is 14.2 Å². The highest BCUT2D eigenvalue weighted by Gasteiger charge is 2.48. The third-order valence-electron chi connectivity index (χ3n) is 4.78. The highest BCUT2D eigenvalue weighted by molar-refractivity contribution is 5.80. The van der Waals surface area contributed by atoms with Crippen LogP contribution in [-0.2, 0) is 14.3 Å². The summed E-state index contributed by atoms with van der Waals surface area (Å²) >= 11 is 0. The van der Waals surface area contributed by atoms with E-state index in [1.54, 1.807) is 18.2 Å². The van der Waals surface area contributed by atoms with Crippen LogP contribution in [0.4, 0.5) is 0 Å². The Balaban J connectivity index is 3.13. The molecule has 0 N–H and O–H groups in total. The van der Waals surface area contributed by atoms with Crippen LogP contribution in [0.1, 0.15) is 54.9 Å². The van der Waals surface area contributed by atoms with Gasteiger partial charge in [0.15, 0.2) is 25.1 Å². The zero-order valence-electron chi connectivity index (χ0n) is 18.8. The fraction of sp³-hybridized carbons (Fsp3) is 0.682. The second-order valence-electron chi connectivity index (χ2n) is 9.42. The Morgan fingerprint density at radius 2 is 1.39 bits per heavy atom.